The second kappa shape index (κ2) is 12.8. The van der Waals surface area contributed by atoms with E-state index in [1.165, 1.54) is 0 Å². The lowest BCUT2D eigenvalue weighted by Gasteiger charge is -2.25. The van der Waals surface area contributed by atoms with Gasteiger partial charge >= 0.3 is 0 Å². The molecule has 6 aromatic carbocycles. The van der Waals surface area contributed by atoms with Crippen LogP contribution in [-0.4, -0.2) is 14.3 Å². The topological polar surface area (TPSA) is 46.8 Å². The Morgan fingerprint density at radius 2 is 1.27 bits per heavy atom. The van der Waals surface area contributed by atoms with Gasteiger partial charge < -0.3 is 9.14 Å². The van der Waals surface area contributed by atoms with Crippen LogP contribution in [0.2, 0.25) is 0 Å². The summed E-state index contributed by atoms with van der Waals surface area (Å²) in [7, 11) is -3.20. The highest BCUT2D eigenvalue weighted by Crippen LogP contribution is 2.55. The molecule has 0 saturated heterocycles. The molecule has 0 amide bonds. The molecule has 0 fully saturated rings. The fourth-order valence-electron chi connectivity index (χ4n) is 7.84. The van der Waals surface area contributed by atoms with E-state index in [0.717, 1.165) is 99.3 Å². The van der Waals surface area contributed by atoms with E-state index in [0.29, 0.717) is 6.61 Å². The fourth-order valence-corrected chi connectivity index (χ4v) is 11.1. The van der Waals surface area contributed by atoms with Crippen molar-refractivity contribution in [1.29, 1.82) is 0 Å². The van der Waals surface area contributed by atoms with E-state index in [-0.39, 0.29) is 0 Å². The van der Waals surface area contributed by atoms with E-state index in [9.17, 15) is 4.89 Å². The van der Waals surface area contributed by atoms with E-state index in [4.69, 9.17) is 9.72 Å². The third-order valence-electron chi connectivity index (χ3n) is 9.92. The number of rotatable bonds is 7. The van der Waals surface area contributed by atoms with Gasteiger partial charge in [-0.15, -0.1) is 0 Å². The Bertz CT molecular complexity index is 2530. The molecule has 0 radical (unpaired) electrons. The molecule has 2 heterocycles. The first-order valence-electron chi connectivity index (χ1n) is 17.5. The molecule has 5 heteroatoms. The lowest BCUT2D eigenvalue weighted by atomic mass is 10.00. The van der Waals surface area contributed by atoms with Crippen molar-refractivity contribution in [2.24, 2.45) is 0 Å². The number of fused-ring (bicyclic) bond motifs is 4. The highest BCUT2D eigenvalue weighted by atomic mass is 31.2. The van der Waals surface area contributed by atoms with Crippen LogP contribution in [0.4, 0.5) is 0 Å². The SMILES string of the molecule is Cc1cc(C)cc([P+](O)(c2cc(C)cc(C)c2)c2ccc3ccccc3c2-c2nc3ccc(OCc4ccccc4)cc3n3c(C)cc(C)c23)c1. The minimum atomic E-state index is -3.20. The number of hydrogen-bond donors (Lipinski definition) is 1. The van der Waals surface area contributed by atoms with Crippen molar-refractivity contribution >= 4 is 50.7 Å². The number of aromatic nitrogens is 2. The normalized spacial score (nSPS) is 11.9. The van der Waals surface area contributed by atoms with Crippen molar-refractivity contribution in [2.75, 3.05) is 0 Å². The molecule has 0 aliphatic rings. The fraction of sp³-hybridized carbons (Fsp3) is 0.152. The highest BCUT2D eigenvalue weighted by Gasteiger charge is 2.48. The number of benzene rings is 6. The molecular formula is C46H42N2O2P+. The van der Waals surface area contributed by atoms with Crippen molar-refractivity contribution in [3.8, 4) is 17.0 Å². The molecule has 0 atom stereocenters. The Labute approximate surface area is 300 Å². The summed E-state index contributed by atoms with van der Waals surface area (Å²) in [6, 6.07) is 44.5. The molecule has 0 spiro atoms. The number of ether oxygens (including phenoxy) is 1. The van der Waals surface area contributed by atoms with Gasteiger partial charge in [0.25, 0.3) is 0 Å². The van der Waals surface area contributed by atoms with Crippen molar-refractivity contribution in [2.45, 2.75) is 48.1 Å². The largest absolute Gasteiger partial charge is 0.489 e. The Morgan fingerprint density at radius 3 is 1.94 bits per heavy atom. The monoisotopic (exact) mass is 685 g/mol. The van der Waals surface area contributed by atoms with E-state index in [2.05, 4.69) is 149 Å². The Balaban J connectivity index is 1.44. The maximum Gasteiger partial charge on any atom is 0.239 e. The van der Waals surface area contributed by atoms with Crippen LogP contribution in [-0.2, 0) is 6.61 Å². The summed E-state index contributed by atoms with van der Waals surface area (Å²) in [4.78, 5) is 19.3. The number of aryl methyl sites for hydroxylation is 6. The third kappa shape index (κ3) is 5.79. The van der Waals surface area contributed by atoms with E-state index >= 15 is 0 Å². The van der Waals surface area contributed by atoms with Gasteiger partial charge in [0.2, 0.25) is 7.49 Å². The molecule has 2 aromatic heterocycles. The van der Waals surface area contributed by atoms with Gasteiger partial charge in [-0.2, -0.15) is 0 Å². The number of nitrogens with zero attached hydrogens (tertiary/aromatic N) is 2. The first kappa shape index (κ1) is 32.9. The molecule has 0 unspecified atom stereocenters. The van der Waals surface area contributed by atoms with Gasteiger partial charge in [0.1, 0.15) is 34.0 Å². The summed E-state index contributed by atoms with van der Waals surface area (Å²) in [5.74, 6) is 0.795. The van der Waals surface area contributed by atoms with Crippen molar-refractivity contribution < 1.29 is 9.63 Å². The van der Waals surface area contributed by atoms with E-state index in [1.54, 1.807) is 0 Å². The summed E-state index contributed by atoms with van der Waals surface area (Å²) in [6.45, 7) is 13.3. The molecule has 1 N–H and O–H groups in total. The zero-order chi connectivity index (χ0) is 35.4. The van der Waals surface area contributed by atoms with Crippen molar-refractivity contribution in [1.82, 2.24) is 9.38 Å². The third-order valence-corrected chi connectivity index (χ3v) is 13.0. The van der Waals surface area contributed by atoms with Gasteiger partial charge in [0, 0.05) is 11.8 Å². The van der Waals surface area contributed by atoms with Crippen LogP contribution >= 0.6 is 7.49 Å². The van der Waals surface area contributed by atoms with Crippen LogP contribution < -0.4 is 20.7 Å². The second-order valence-corrected chi connectivity index (χ2v) is 16.8. The smallest absolute Gasteiger partial charge is 0.239 e. The van der Waals surface area contributed by atoms with Crippen LogP contribution in [0.15, 0.2) is 127 Å². The molecule has 51 heavy (non-hydrogen) atoms. The first-order chi connectivity index (χ1) is 24.6. The zero-order valence-corrected chi connectivity index (χ0v) is 30.9. The average molecular weight is 686 g/mol. The minimum absolute atomic E-state index is 0.489. The van der Waals surface area contributed by atoms with Gasteiger partial charge in [-0.1, -0.05) is 72.8 Å². The molecule has 0 aliphatic heterocycles. The summed E-state index contributed by atoms with van der Waals surface area (Å²) >= 11 is 0. The molecule has 8 rings (SSSR count). The summed E-state index contributed by atoms with van der Waals surface area (Å²) in [6.07, 6.45) is 0. The lowest BCUT2D eigenvalue weighted by molar-refractivity contribution is 0.306. The summed E-state index contributed by atoms with van der Waals surface area (Å²) in [5, 5.41) is 4.97. The van der Waals surface area contributed by atoms with Gasteiger partial charge in [0.15, 0.2) is 0 Å². The van der Waals surface area contributed by atoms with Crippen molar-refractivity contribution in [3.05, 3.63) is 166 Å². The highest BCUT2D eigenvalue weighted by molar-refractivity contribution is 7.91. The van der Waals surface area contributed by atoms with Crippen LogP contribution in [0.1, 0.15) is 39.1 Å². The molecule has 0 saturated carbocycles. The molecule has 0 aliphatic carbocycles. The minimum Gasteiger partial charge on any atom is -0.489 e. The molecule has 0 bridgehead atoms. The predicted molar refractivity (Wildman–Crippen MR) is 216 cm³/mol. The first-order valence-corrected chi connectivity index (χ1v) is 19.3. The lowest BCUT2D eigenvalue weighted by Crippen LogP contribution is -2.33. The van der Waals surface area contributed by atoms with Gasteiger partial charge in [-0.3, -0.25) is 0 Å². The average Bonchev–Trinajstić information content (AvgIpc) is 3.42. The maximum atomic E-state index is 13.7. The van der Waals surface area contributed by atoms with E-state index < -0.39 is 7.49 Å². The number of hydrogen-bond acceptors (Lipinski definition) is 3. The Hall–Kier alpha value is -5.28. The van der Waals surface area contributed by atoms with Crippen LogP contribution in [0, 0.1) is 41.5 Å². The standard InChI is InChI=1S/C46H42N2O2P/c1-29-20-30(2)23-38(22-29)51(49,39-24-31(3)21-32(4)25-39)43-19-16-36-14-10-11-15-40(36)44(43)45-46-33(5)26-34(6)48(46)42-27-37(17-18-41(42)47-45)50-28-35-12-8-7-9-13-35/h7-27,49H,28H2,1-6H3/q+1. The molecule has 4 nitrogen and oxygen atoms in total. The van der Waals surface area contributed by atoms with Crippen LogP contribution in [0.5, 0.6) is 5.75 Å². The Kier molecular flexibility index (Phi) is 8.26. The quantitative estimate of drug-likeness (QED) is 0.170. The maximum absolute atomic E-state index is 13.7. The van der Waals surface area contributed by atoms with Crippen molar-refractivity contribution in [3.63, 3.8) is 0 Å². The predicted octanol–water partition coefficient (Wildman–Crippen LogP) is 9.94. The molecule has 8 aromatic rings. The molecule has 252 valence electrons. The Morgan fingerprint density at radius 1 is 0.647 bits per heavy atom. The van der Waals surface area contributed by atoms with Gasteiger partial charge in [-0.25, -0.2) is 9.88 Å². The van der Waals surface area contributed by atoms with Gasteiger partial charge in [0.05, 0.1) is 22.1 Å². The van der Waals surface area contributed by atoms with Crippen LogP contribution in [0.25, 0.3) is 38.6 Å². The molecular weight excluding hydrogens is 643 g/mol. The van der Waals surface area contributed by atoms with Crippen LogP contribution in [0.3, 0.4) is 0 Å². The summed E-state index contributed by atoms with van der Waals surface area (Å²) < 4.78 is 8.62. The zero-order valence-electron chi connectivity index (χ0n) is 30.0. The second-order valence-electron chi connectivity index (χ2n) is 14.0. The van der Waals surface area contributed by atoms with Gasteiger partial charge in [-0.05, 0) is 134 Å². The van der Waals surface area contributed by atoms with E-state index in [1.807, 2.05) is 24.3 Å². The summed E-state index contributed by atoms with van der Waals surface area (Å²) in [5.41, 5.74) is 12.6.